The van der Waals surface area contributed by atoms with E-state index in [1.54, 1.807) is 6.07 Å². The Morgan fingerprint density at radius 1 is 0.853 bits per heavy atom. The maximum Gasteiger partial charge on any atom is 0.338 e. The number of carboxylic acids is 1. The van der Waals surface area contributed by atoms with Crippen molar-refractivity contribution in [1.82, 2.24) is 0 Å². The molecule has 2 aromatic rings. The summed E-state index contributed by atoms with van der Waals surface area (Å²) in [6.07, 6.45) is 11.3. The fraction of sp³-hybridized carbons (Fsp3) is 0.536. The van der Waals surface area contributed by atoms with E-state index in [0.29, 0.717) is 11.5 Å². The molecule has 2 aromatic carbocycles. The first kappa shape index (κ1) is 24.7. The highest BCUT2D eigenvalue weighted by molar-refractivity contribution is 5.90. The average Bonchev–Trinajstić information content (AvgIpc) is 2.82. The molecular weight excluding hydrogens is 444 g/mol. The Kier molecular flexibility index (Phi) is 7.63. The van der Waals surface area contributed by atoms with Crippen LogP contribution in [0, 0.1) is 41.0 Å². The van der Waals surface area contributed by atoms with Gasteiger partial charge in [0.05, 0.1) is 5.56 Å². The van der Waals surface area contributed by atoms with E-state index >= 15 is 4.39 Å². The molecule has 2 saturated carbocycles. The summed E-state index contributed by atoms with van der Waals surface area (Å²) in [4.78, 5) is 11.5. The standard InChI is InChI=1S/C28H32F4O2/c1-2-3-16-4-6-17(7-5-16)18-8-10-19(11-9-18)21-12-13-22(28(33)34)26(31)25(21)20-14-23(29)27(32)24(30)15-20/h12-19H,2-11H2,1H3,(H,33,34)/t16-,17-,18?,19?. The maximum atomic E-state index is 15.3. The van der Waals surface area contributed by atoms with E-state index in [-0.39, 0.29) is 17.0 Å². The summed E-state index contributed by atoms with van der Waals surface area (Å²) in [5.74, 6) is -4.82. The van der Waals surface area contributed by atoms with E-state index in [1.165, 1.54) is 44.6 Å². The van der Waals surface area contributed by atoms with Crippen molar-refractivity contribution in [2.24, 2.45) is 17.8 Å². The van der Waals surface area contributed by atoms with Gasteiger partial charge in [-0.2, -0.15) is 0 Å². The topological polar surface area (TPSA) is 37.3 Å². The minimum Gasteiger partial charge on any atom is -0.478 e. The summed E-state index contributed by atoms with van der Waals surface area (Å²) in [6, 6.07) is 4.26. The van der Waals surface area contributed by atoms with E-state index < -0.39 is 34.8 Å². The largest absolute Gasteiger partial charge is 0.478 e. The summed E-state index contributed by atoms with van der Waals surface area (Å²) >= 11 is 0. The van der Waals surface area contributed by atoms with Crippen LogP contribution in [0.2, 0.25) is 0 Å². The van der Waals surface area contributed by atoms with Crippen LogP contribution in [0.5, 0.6) is 0 Å². The van der Waals surface area contributed by atoms with Gasteiger partial charge < -0.3 is 5.11 Å². The van der Waals surface area contributed by atoms with E-state index in [4.69, 9.17) is 0 Å². The number of rotatable bonds is 6. The van der Waals surface area contributed by atoms with E-state index in [2.05, 4.69) is 6.92 Å². The quantitative estimate of drug-likeness (QED) is 0.335. The molecule has 0 radical (unpaired) electrons. The lowest BCUT2D eigenvalue weighted by molar-refractivity contribution is 0.0692. The van der Waals surface area contributed by atoms with Crippen molar-refractivity contribution in [3.63, 3.8) is 0 Å². The number of benzene rings is 2. The van der Waals surface area contributed by atoms with Crippen LogP contribution in [0.3, 0.4) is 0 Å². The van der Waals surface area contributed by atoms with E-state index in [0.717, 1.165) is 49.7 Å². The van der Waals surface area contributed by atoms with E-state index in [1.807, 2.05) is 0 Å². The highest BCUT2D eigenvalue weighted by Gasteiger charge is 2.33. The van der Waals surface area contributed by atoms with Crippen LogP contribution in [-0.2, 0) is 0 Å². The van der Waals surface area contributed by atoms with Crippen LogP contribution in [0.4, 0.5) is 17.6 Å². The zero-order valence-electron chi connectivity index (χ0n) is 19.6. The van der Waals surface area contributed by atoms with Gasteiger partial charge in [-0.25, -0.2) is 22.4 Å². The Bertz CT molecular complexity index is 1010. The van der Waals surface area contributed by atoms with Crippen molar-refractivity contribution < 1.29 is 27.5 Å². The van der Waals surface area contributed by atoms with Gasteiger partial charge in [-0.15, -0.1) is 0 Å². The third-order valence-electron chi connectivity index (χ3n) is 8.14. The second-order valence-electron chi connectivity index (χ2n) is 10.1. The van der Waals surface area contributed by atoms with Crippen LogP contribution < -0.4 is 0 Å². The average molecular weight is 477 g/mol. The highest BCUT2D eigenvalue weighted by atomic mass is 19.2. The van der Waals surface area contributed by atoms with Gasteiger partial charge in [0.2, 0.25) is 0 Å². The predicted octanol–water partition coefficient (Wildman–Crippen LogP) is 8.49. The van der Waals surface area contributed by atoms with Crippen LogP contribution in [0.25, 0.3) is 11.1 Å². The van der Waals surface area contributed by atoms with Gasteiger partial charge in [0.1, 0.15) is 5.82 Å². The van der Waals surface area contributed by atoms with Gasteiger partial charge >= 0.3 is 5.97 Å². The lowest BCUT2D eigenvalue weighted by Crippen LogP contribution is -2.25. The van der Waals surface area contributed by atoms with Gasteiger partial charge in [-0.1, -0.05) is 38.7 Å². The minimum atomic E-state index is -1.63. The van der Waals surface area contributed by atoms with Crippen LogP contribution in [0.1, 0.15) is 93.0 Å². The van der Waals surface area contributed by atoms with Crippen molar-refractivity contribution in [2.45, 2.75) is 77.0 Å². The monoisotopic (exact) mass is 476 g/mol. The SMILES string of the molecule is CCC[C@H]1CC[C@H](C2CCC(c3ccc(C(=O)O)c(F)c3-c3cc(F)c(F)c(F)c3)CC2)CC1. The minimum absolute atomic E-state index is 0.0452. The first-order valence-corrected chi connectivity index (χ1v) is 12.5. The van der Waals surface area contributed by atoms with Gasteiger partial charge in [-0.05, 0) is 91.5 Å². The van der Waals surface area contributed by atoms with Crippen molar-refractivity contribution in [2.75, 3.05) is 0 Å². The smallest absolute Gasteiger partial charge is 0.338 e. The molecule has 1 N–H and O–H groups in total. The zero-order chi connectivity index (χ0) is 24.4. The van der Waals surface area contributed by atoms with E-state index in [9.17, 15) is 23.1 Å². The molecule has 0 amide bonds. The Morgan fingerprint density at radius 3 is 1.94 bits per heavy atom. The van der Waals surface area contributed by atoms with Crippen molar-refractivity contribution >= 4 is 5.97 Å². The molecular formula is C28H32F4O2. The van der Waals surface area contributed by atoms with Gasteiger partial charge in [-0.3, -0.25) is 0 Å². The molecule has 2 fully saturated rings. The Hall–Kier alpha value is -2.37. The normalized spacial score (nSPS) is 25.3. The number of hydrogen-bond donors (Lipinski definition) is 1. The van der Waals surface area contributed by atoms with Crippen LogP contribution in [-0.4, -0.2) is 11.1 Å². The number of aromatic carboxylic acids is 1. The molecule has 2 nitrogen and oxygen atoms in total. The second-order valence-corrected chi connectivity index (χ2v) is 10.1. The number of hydrogen-bond acceptors (Lipinski definition) is 1. The maximum absolute atomic E-state index is 15.3. The molecule has 0 saturated heterocycles. The lowest BCUT2D eigenvalue weighted by Gasteiger charge is -2.38. The van der Waals surface area contributed by atoms with Gasteiger partial charge in [0.15, 0.2) is 17.5 Å². The summed E-state index contributed by atoms with van der Waals surface area (Å²) < 4.78 is 56.8. The summed E-state index contributed by atoms with van der Waals surface area (Å²) in [6.45, 7) is 2.24. The van der Waals surface area contributed by atoms with Crippen molar-refractivity contribution in [3.8, 4) is 11.1 Å². The van der Waals surface area contributed by atoms with Crippen molar-refractivity contribution in [3.05, 3.63) is 58.7 Å². The molecule has 34 heavy (non-hydrogen) atoms. The molecule has 4 rings (SSSR count). The summed E-state index contributed by atoms with van der Waals surface area (Å²) in [7, 11) is 0. The highest BCUT2D eigenvalue weighted by Crippen LogP contribution is 2.46. The molecule has 0 atom stereocenters. The molecule has 2 aliphatic rings. The Morgan fingerprint density at radius 2 is 1.41 bits per heavy atom. The number of halogens is 4. The Balaban J connectivity index is 1.57. The summed E-state index contributed by atoms with van der Waals surface area (Å²) in [5, 5.41) is 9.37. The fourth-order valence-electron chi connectivity index (χ4n) is 6.35. The molecule has 2 aliphatic carbocycles. The lowest BCUT2D eigenvalue weighted by atomic mass is 9.67. The van der Waals surface area contributed by atoms with Crippen LogP contribution >= 0.6 is 0 Å². The first-order chi connectivity index (χ1) is 16.3. The Labute approximate surface area is 198 Å². The molecule has 0 aromatic heterocycles. The molecule has 0 aliphatic heterocycles. The van der Waals surface area contributed by atoms with Gasteiger partial charge in [0.25, 0.3) is 0 Å². The first-order valence-electron chi connectivity index (χ1n) is 12.5. The third-order valence-corrected chi connectivity index (χ3v) is 8.14. The number of carboxylic acid groups (broad SMARTS) is 1. The molecule has 0 bridgehead atoms. The number of carbonyl (C=O) groups is 1. The van der Waals surface area contributed by atoms with Crippen LogP contribution in [0.15, 0.2) is 24.3 Å². The van der Waals surface area contributed by atoms with Gasteiger partial charge in [0, 0.05) is 5.56 Å². The van der Waals surface area contributed by atoms with Crippen molar-refractivity contribution in [1.29, 1.82) is 0 Å². The summed E-state index contributed by atoms with van der Waals surface area (Å²) in [5.41, 5.74) is -0.343. The predicted molar refractivity (Wildman–Crippen MR) is 124 cm³/mol. The second kappa shape index (κ2) is 10.5. The third kappa shape index (κ3) is 5.01. The molecule has 0 spiro atoms. The molecule has 6 heteroatoms. The zero-order valence-corrected chi connectivity index (χ0v) is 19.6. The fourth-order valence-corrected chi connectivity index (χ4v) is 6.35. The molecule has 0 unspecified atom stereocenters. The molecule has 184 valence electrons. The molecule has 0 heterocycles.